The van der Waals surface area contributed by atoms with Crippen molar-refractivity contribution in [2.75, 3.05) is 5.32 Å². The number of amides is 1. The standard InChI is InChI=1S/C14H8BrF2N3O/c15-8-4-10(16)13(11(17)5-8)14(21)19-9-1-2-12-7(3-9)6-18-20-12/h1-6H,(H,18,20)(H,19,21). The fourth-order valence-electron chi connectivity index (χ4n) is 1.97. The highest BCUT2D eigenvalue weighted by Crippen LogP contribution is 2.22. The van der Waals surface area contributed by atoms with Gasteiger partial charge in [-0.1, -0.05) is 15.9 Å². The Kier molecular flexibility index (Phi) is 3.42. The van der Waals surface area contributed by atoms with Gasteiger partial charge in [0, 0.05) is 15.5 Å². The Morgan fingerprint density at radius 1 is 1.19 bits per heavy atom. The molecule has 0 saturated carbocycles. The van der Waals surface area contributed by atoms with Crippen LogP contribution in [0.2, 0.25) is 0 Å². The summed E-state index contributed by atoms with van der Waals surface area (Å²) >= 11 is 2.96. The largest absolute Gasteiger partial charge is 0.322 e. The van der Waals surface area contributed by atoms with Gasteiger partial charge in [0.2, 0.25) is 0 Å². The minimum Gasteiger partial charge on any atom is -0.322 e. The number of fused-ring (bicyclic) bond motifs is 1. The molecule has 0 bridgehead atoms. The van der Waals surface area contributed by atoms with Gasteiger partial charge in [-0.2, -0.15) is 5.10 Å². The van der Waals surface area contributed by atoms with Gasteiger partial charge < -0.3 is 5.32 Å². The minimum absolute atomic E-state index is 0.230. The molecule has 2 N–H and O–H groups in total. The van der Waals surface area contributed by atoms with Crippen LogP contribution in [-0.2, 0) is 0 Å². The number of H-pyrrole nitrogens is 1. The average molecular weight is 352 g/mol. The predicted octanol–water partition coefficient (Wildman–Crippen LogP) is 3.86. The second-order valence-electron chi connectivity index (χ2n) is 4.37. The molecule has 0 radical (unpaired) electrons. The van der Waals surface area contributed by atoms with Gasteiger partial charge in [0.15, 0.2) is 0 Å². The van der Waals surface area contributed by atoms with Crippen LogP contribution in [0.5, 0.6) is 0 Å². The molecule has 0 spiro atoms. The molecule has 3 rings (SSSR count). The number of nitrogens with one attached hydrogen (secondary N) is 2. The maximum Gasteiger partial charge on any atom is 0.261 e. The number of carbonyl (C=O) groups is 1. The molecule has 0 fully saturated rings. The lowest BCUT2D eigenvalue weighted by Gasteiger charge is -2.07. The van der Waals surface area contributed by atoms with Crippen LogP contribution < -0.4 is 5.32 Å². The van der Waals surface area contributed by atoms with Crippen molar-refractivity contribution in [2.24, 2.45) is 0 Å². The first-order valence-electron chi connectivity index (χ1n) is 5.93. The number of aromatic amines is 1. The molecule has 1 aromatic heterocycles. The van der Waals surface area contributed by atoms with Crippen molar-refractivity contribution in [2.45, 2.75) is 0 Å². The Bertz CT molecular complexity index is 824. The lowest BCUT2D eigenvalue weighted by Crippen LogP contribution is -2.15. The monoisotopic (exact) mass is 351 g/mol. The van der Waals surface area contributed by atoms with Gasteiger partial charge >= 0.3 is 0 Å². The van der Waals surface area contributed by atoms with Crippen molar-refractivity contribution in [1.82, 2.24) is 10.2 Å². The van der Waals surface area contributed by atoms with Gasteiger partial charge in [-0.25, -0.2) is 8.78 Å². The van der Waals surface area contributed by atoms with Crippen LogP contribution in [0.25, 0.3) is 10.9 Å². The van der Waals surface area contributed by atoms with Crippen molar-refractivity contribution in [1.29, 1.82) is 0 Å². The van der Waals surface area contributed by atoms with E-state index < -0.39 is 23.1 Å². The lowest BCUT2D eigenvalue weighted by molar-refractivity contribution is 0.101. The third-order valence-electron chi connectivity index (χ3n) is 2.93. The van der Waals surface area contributed by atoms with Gasteiger partial charge in [0.1, 0.15) is 17.2 Å². The first kappa shape index (κ1) is 13.7. The number of hydrogen-bond donors (Lipinski definition) is 2. The van der Waals surface area contributed by atoms with E-state index in [0.29, 0.717) is 5.69 Å². The van der Waals surface area contributed by atoms with Gasteiger partial charge in [0.05, 0.1) is 11.7 Å². The Labute approximate surface area is 126 Å². The molecule has 21 heavy (non-hydrogen) atoms. The van der Waals surface area contributed by atoms with Crippen molar-refractivity contribution in [3.05, 3.63) is 58.2 Å². The van der Waals surface area contributed by atoms with Crippen molar-refractivity contribution in [3.8, 4) is 0 Å². The normalized spacial score (nSPS) is 10.8. The van der Waals surface area contributed by atoms with Crippen LogP contribution in [-0.4, -0.2) is 16.1 Å². The summed E-state index contributed by atoms with van der Waals surface area (Å²) in [4.78, 5) is 12.0. The van der Waals surface area contributed by atoms with Crippen LogP contribution in [0.3, 0.4) is 0 Å². The molecule has 0 aliphatic heterocycles. The summed E-state index contributed by atoms with van der Waals surface area (Å²) < 4.78 is 27.7. The Hall–Kier alpha value is -2.28. The molecule has 0 aliphatic carbocycles. The molecule has 106 valence electrons. The van der Waals surface area contributed by atoms with Gasteiger partial charge in [-0.15, -0.1) is 0 Å². The van der Waals surface area contributed by atoms with E-state index in [1.54, 1.807) is 24.4 Å². The molecule has 0 saturated heterocycles. The molecular weight excluding hydrogens is 344 g/mol. The molecule has 2 aromatic carbocycles. The summed E-state index contributed by atoms with van der Waals surface area (Å²) in [6.45, 7) is 0. The second kappa shape index (κ2) is 5.25. The zero-order chi connectivity index (χ0) is 15.0. The van der Waals surface area contributed by atoms with Crippen LogP contribution >= 0.6 is 15.9 Å². The zero-order valence-corrected chi connectivity index (χ0v) is 12.0. The summed E-state index contributed by atoms with van der Waals surface area (Å²) in [5.74, 6) is -2.70. The topological polar surface area (TPSA) is 57.8 Å². The van der Waals surface area contributed by atoms with E-state index in [9.17, 15) is 13.6 Å². The average Bonchev–Trinajstić information content (AvgIpc) is 2.84. The highest BCUT2D eigenvalue weighted by atomic mass is 79.9. The summed E-state index contributed by atoms with van der Waals surface area (Å²) in [7, 11) is 0. The summed E-state index contributed by atoms with van der Waals surface area (Å²) in [6, 6.07) is 7.07. The maximum atomic E-state index is 13.7. The third-order valence-corrected chi connectivity index (χ3v) is 3.39. The van der Waals surface area contributed by atoms with E-state index in [2.05, 4.69) is 31.4 Å². The van der Waals surface area contributed by atoms with E-state index in [0.717, 1.165) is 23.0 Å². The number of rotatable bonds is 2. The van der Waals surface area contributed by atoms with E-state index in [1.165, 1.54) is 0 Å². The quantitative estimate of drug-likeness (QED) is 0.736. The van der Waals surface area contributed by atoms with E-state index in [1.807, 2.05) is 0 Å². The summed E-state index contributed by atoms with van der Waals surface area (Å²) in [5, 5.41) is 9.87. The highest BCUT2D eigenvalue weighted by molar-refractivity contribution is 9.10. The summed E-state index contributed by atoms with van der Waals surface area (Å²) in [5.41, 5.74) is 0.607. The van der Waals surface area contributed by atoms with E-state index >= 15 is 0 Å². The number of benzene rings is 2. The molecule has 0 atom stereocenters. The van der Waals surface area contributed by atoms with Crippen molar-refractivity contribution < 1.29 is 13.6 Å². The molecule has 1 heterocycles. The second-order valence-corrected chi connectivity index (χ2v) is 5.29. The predicted molar refractivity (Wildman–Crippen MR) is 78.1 cm³/mol. The Morgan fingerprint density at radius 2 is 1.90 bits per heavy atom. The number of aromatic nitrogens is 2. The Morgan fingerprint density at radius 3 is 2.62 bits per heavy atom. The van der Waals surface area contributed by atoms with Gasteiger partial charge in [-0.05, 0) is 30.3 Å². The van der Waals surface area contributed by atoms with Crippen LogP contribution in [0.4, 0.5) is 14.5 Å². The molecular formula is C14H8BrF2N3O. The smallest absolute Gasteiger partial charge is 0.261 e. The fourth-order valence-corrected chi connectivity index (χ4v) is 2.38. The molecule has 4 nitrogen and oxygen atoms in total. The number of halogens is 3. The van der Waals surface area contributed by atoms with E-state index in [4.69, 9.17) is 0 Å². The minimum atomic E-state index is -0.927. The van der Waals surface area contributed by atoms with Crippen LogP contribution in [0.15, 0.2) is 41.0 Å². The van der Waals surface area contributed by atoms with Crippen LogP contribution in [0, 0.1) is 11.6 Å². The first-order valence-corrected chi connectivity index (χ1v) is 6.73. The van der Waals surface area contributed by atoms with Crippen LogP contribution in [0.1, 0.15) is 10.4 Å². The number of nitrogens with zero attached hydrogens (tertiary/aromatic N) is 1. The van der Waals surface area contributed by atoms with E-state index in [-0.39, 0.29) is 4.47 Å². The molecule has 1 amide bonds. The zero-order valence-electron chi connectivity index (χ0n) is 10.5. The molecule has 7 heteroatoms. The lowest BCUT2D eigenvalue weighted by atomic mass is 10.1. The number of anilines is 1. The Balaban J connectivity index is 1.92. The fraction of sp³-hybridized carbons (Fsp3) is 0. The SMILES string of the molecule is O=C(Nc1ccc2[nH]ncc2c1)c1c(F)cc(Br)cc1F. The van der Waals surface area contributed by atoms with Crippen molar-refractivity contribution >= 4 is 38.4 Å². The molecule has 3 aromatic rings. The summed E-state index contributed by atoms with van der Waals surface area (Å²) in [6.07, 6.45) is 1.59. The number of carbonyl (C=O) groups excluding carboxylic acids is 1. The third kappa shape index (κ3) is 2.64. The molecule has 0 unspecified atom stereocenters. The maximum absolute atomic E-state index is 13.7. The van der Waals surface area contributed by atoms with Gasteiger partial charge in [0.25, 0.3) is 5.91 Å². The molecule has 0 aliphatic rings. The number of hydrogen-bond acceptors (Lipinski definition) is 2. The van der Waals surface area contributed by atoms with Gasteiger partial charge in [-0.3, -0.25) is 9.89 Å². The first-order chi connectivity index (χ1) is 10.0. The van der Waals surface area contributed by atoms with Crippen molar-refractivity contribution in [3.63, 3.8) is 0 Å². The highest BCUT2D eigenvalue weighted by Gasteiger charge is 2.18.